The number of aromatic nitrogens is 3. The first-order chi connectivity index (χ1) is 8.02. The molecular formula is C11H15Cl2N3O. The summed E-state index contributed by atoms with van der Waals surface area (Å²) >= 11 is 12.5. The van der Waals surface area contributed by atoms with Crippen molar-refractivity contribution in [1.29, 1.82) is 0 Å². The second-order valence-corrected chi connectivity index (χ2v) is 6.59. The molecule has 3 atom stereocenters. The lowest BCUT2D eigenvalue weighted by atomic mass is 9.90. The van der Waals surface area contributed by atoms with E-state index in [-0.39, 0.29) is 5.38 Å². The molecular weight excluding hydrogens is 261 g/mol. The van der Waals surface area contributed by atoms with Crippen molar-refractivity contribution in [3.8, 4) is 0 Å². The van der Waals surface area contributed by atoms with Crippen molar-refractivity contribution in [2.24, 2.45) is 5.92 Å². The molecule has 4 nitrogen and oxygen atoms in total. The Morgan fingerprint density at radius 1 is 1.53 bits per heavy atom. The van der Waals surface area contributed by atoms with Crippen LogP contribution in [-0.2, 0) is 6.54 Å². The molecule has 2 fully saturated rings. The number of alkyl halides is 2. The Morgan fingerprint density at radius 2 is 2.24 bits per heavy atom. The number of halogens is 2. The fourth-order valence-electron chi connectivity index (χ4n) is 2.40. The van der Waals surface area contributed by atoms with Gasteiger partial charge in [-0.05, 0) is 31.6 Å². The van der Waals surface area contributed by atoms with Gasteiger partial charge in [-0.2, -0.15) is 5.10 Å². The SMILES string of the molecule is OC(CC1CC1Cl)(Cn1cncn1)C1(Cl)CC1. The van der Waals surface area contributed by atoms with Crippen molar-refractivity contribution in [3.05, 3.63) is 12.7 Å². The van der Waals surface area contributed by atoms with Gasteiger partial charge in [0.2, 0.25) is 0 Å². The summed E-state index contributed by atoms with van der Waals surface area (Å²) in [6.45, 7) is 0.399. The van der Waals surface area contributed by atoms with Gasteiger partial charge in [-0.1, -0.05) is 0 Å². The molecule has 3 unspecified atom stereocenters. The minimum Gasteiger partial charge on any atom is -0.386 e. The third-order valence-corrected chi connectivity index (χ3v) is 5.11. The highest BCUT2D eigenvalue weighted by molar-refractivity contribution is 6.26. The Balaban J connectivity index is 1.76. The van der Waals surface area contributed by atoms with E-state index < -0.39 is 10.5 Å². The molecule has 2 aliphatic rings. The zero-order valence-corrected chi connectivity index (χ0v) is 10.9. The van der Waals surface area contributed by atoms with Crippen LogP contribution in [0.3, 0.4) is 0 Å². The highest BCUT2D eigenvalue weighted by Gasteiger charge is 2.60. The van der Waals surface area contributed by atoms with Crippen LogP contribution in [0.5, 0.6) is 0 Å². The van der Waals surface area contributed by atoms with Crippen molar-refractivity contribution in [1.82, 2.24) is 14.8 Å². The van der Waals surface area contributed by atoms with Gasteiger partial charge in [-0.25, -0.2) is 4.98 Å². The molecule has 0 saturated heterocycles. The molecule has 1 aromatic heterocycles. The van der Waals surface area contributed by atoms with Crippen molar-refractivity contribution in [2.45, 2.75) is 48.1 Å². The van der Waals surface area contributed by atoms with E-state index in [1.54, 1.807) is 11.0 Å². The summed E-state index contributed by atoms with van der Waals surface area (Å²) in [5.74, 6) is 0.390. The molecule has 94 valence electrons. The molecule has 0 amide bonds. The van der Waals surface area contributed by atoms with E-state index in [0.717, 1.165) is 19.3 Å². The van der Waals surface area contributed by atoms with Gasteiger partial charge in [0.1, 0.15) is 18.3 Å². The number of hydrogen-bond acceptors (Lipinski definition) is 3. The molecule has 1 N–H and O–H groups in total. The molecule has 17 heavy (non-hydrogen) atoms. The maximum atomic E-state index is 10.8. The lowest BCUT2D eigenvalue weighted by Gasteiger charge is -2.33. The largest absolute Gasteiger partial charge is 0.386 e. The Hall–Kier alpha value is -0.320. The molecule has 0 aliphatic heterocycles. The number of rotatable bonds is 5. The normalized spacial score (nSPS) is 33.1. The molecule has 2 aliphatic carbocycles. The number of nitrogens with zero attached hydrogens (tertiary/aromatic N) is 3. The van der Waals surface area contributed by atoms with Crippen LogP contribution in [0.4, 0.5) is 0 Å². The third kappa shape index (κ3) is 2.18. The Morgan fingerprint density at radius 3 is 2.71 bits per heavy atom. The first-order valence-electron chi connectivity index (χ1n) is 5.90. The van der Waals surface area contributed by atoms with Crippen molar-refractivity contribution in [2.75, 3.05) is 0 Å². The molecule has 0 radical (unpaired) electrons. The predicted octanol–water partition coefficient (Wildman–Crippen LogP) is 1.80. The van der Waals surface area contributed by atoms with Crippen molar-refractivity contribution >= 4 is 23.2 Å². The maximum Gasteiger partial charge on any atom is 0.137 e. The van der Waals surface area contributed by atoms with E-state index >= 15 is 0 Å². The van der Waals surface area contributed by atoms with Crippen LogP contribution in [0.15, 0.2) is 12.7 Å². The van der Waals surface area contributed by atoms with Gasteiger partial charge < -0.3 is 5.11 Å². The van der Waals surface area contributed by atoms with Crippen LogP contribution in [0.1, 0.15) is 25.7 Å². The van der Waals surface area contributed by atoms with E-state index in [1.807, 2.05) is 0 Å². The second kappa shape index (κ2) is 3.84. The van der Waals surface area contributed by atoms with Gasteiger partial charge in [0.05, 0.1) is 11.4 Å². The summed E-state index contributed by atoms with van der Waals surface area (Å²) < 4.78 is 1.65. The van der Waals surface area contributed by atoms with Gasteiger partial charge in [0.25, 0.3) is 0 Å². The highest BCUT2D eigenvalue weighted by Crippen LogP contribution is 2.56. The molecule has 3 rings (SSSR count). The third-order valence-electron chi connectivity index (χ3n) is 3.85. The second-order valence-electron chi connectivity index (χ2n) is 5.31. The molecule has 6 heteroatoms. The summed E-state index contributed by atoms with van der Waals surface area (Å²) in [6, 6.07) is 0. The van der Waals surface area contributed by atoms with Crippen LogP contribution in [0, 0.1) is 5.92 Å². The lowest BCUT2D eigenvalue weighted by Crippen LogP contribution is -2.45. The van der Waals surface area contributed by atoms with Crippen LogP contribution in [0.25, 0.3) is 0 Å². The average Bonchev–Trinajstić information content (AvgIpc) is 3.10. The maximum absolute atomic E-state index is 10.8. The Labute approximate surface area is 110 Å². The van der Waals surface area contributed by atoms with Gasteiger partial charge >= 0.3 is 0 Å². The Kier molecular flexibility index (Phi) is 2.65. The van der Waals surface area contributed by atoms with E-state index in [4.69, 9.17) is 23.2 Å². The predicted molar refractivity (Wildman–Crippen MR) is 65.2 cm³/mol. The summed E-state index contributed by atoms with van der Waals surface area (Å²) in [7, 11) is 0. The van der Waals surface area contributed by atoms with Gasteiger partial charge in [-0.3, -0.25) is 4.68 Å². The fourth-order valence-corrected chi connectivity index (χ4v) is 2.95. The number of hydrogen-bond donors (Lipinski definition) is 1. The minimum absolute atomic E-state index is 0.205. The zero-order chi connectivity index (χ0) is 12.1. The molecule has 0 bridgehead atoms. The van der Waals surface area contributed by atoms with E-state index in [0.29, 0.717) is 18.9 Å². The van der Waals surface area contributed by atoms with Gasteiger partial charge in [0.15, 0.2) is 0 Å². The smallest absolute Gasteiger partial charge is 0.137 e. The molecule has 2 saturated carbocycles. The fraction of sp³-hybridized carbons (Fsp3) is 0.818. The van der Waals surface area contributed by atoms with Gasteiger partial charge in [0, 0.05) is 5.38 Å². The summed E-state index contributed by atoms with van der Waals surface area (Å²) in [5, 5.41) is 15.1. The van der Waals surface area contributed by atoms with E-state index in [1.165, 1.54) is 6.33 Å². The van der Waals surface area contributed by atoms with E-state index in [2.05, 4.69) is 10.1 Å². The standard InChI is InChI=1S/C11H15Cl2N3O/c12-9-3-8(9)4-11(17,10(13)1-2-10)5-16-7-14-6-15-16/h6-9,17H,1-5H2. The van der Waals surface area contributed by atoms with Crippen LogP contribution >= 0.6 is 23.2 Å². The molecule has 1 heterocycles. The molecule has 1 aromatic rings. The average molecular weight is 276 g/mol. The van der Waals surface area contributed by atoms with Crippen LogP contribution in [0.2, 0.25) is 0 Å². The van der Waals surface area contributed by atoms with Crippen molar-refractivity contribution in [3.63, 3.8) is 0 Å². The zero-order valence-electron chi connectivity index (χ0n) is 9.39. The van der Waals surface area contributed by atoms with Crippen LogP contribution in [-0.4, -0.2) is 35.7 Å². The summed E-state index contributed by atoms with van der Waals surface area (Å²) in [4.78, 5) is 3.40. The first kappa shape index (κ1) is 11.8. The summed E-state index contributed by atoms with van der Waals surface area (Å²) in [5.41, 5.74) is -0.920. The molecule has 0 aromatic carbocycles. The highest BCUT2D eigenvalue weighted by atomic mass is 35.5. The Bertz CT molecular complexity index is 407. The molecule has 0 spiro atoms. The lowest BCUT2D eigenvalue weighted by molar-refractivity contribution is -0.00561. The monoisotopic (exact) mass is 275 g/mol. The number of aliphatic hydroxyl groups is 1. The topological polar surface area (TPSA) is 50.9 Å². The van der Waals surface area contributed by atoms with Gasteiger partial charge in [-0.15, -0.1) is 23.2 Å². The first-order valence-corrected chi connectivity index (χ1v) is 6.72. The summed E-state index contributed by atoms with van der Waals surface area (Å²) in [6.07, 6.45) is 6.44. The quantitative estimate of drug-likeness (QED) is 0.834. The minimum atomic E-state index is -0.920. The van der Waals surface area contributed by atoms with E-state index in [9.17, 15) is 5.11 Å². The van der Waals surface area contributed by atoms with Crippen molar-refractivity contribution < 1.29 is 5.11 Å². The van der Waals surface area contributed by atoms with Crippen LogP contribution < -0.4 is 0 Å².